The number of hydrogen-bond acceptors (Lipinski definition) is 3. The Morgan fingerprint density at radius 3 is 2.50 bits per heavy atom. The van der Waals surface area contributed by atoms with E-state index in [-0.39, 0.29) is 5.92 Å². The molecule has 1 N–H and O–H groups in total. The third-order valence-electron chi connectivity index (χ3n) is 1.63. The van der Waals surface area contributed by atoms with Gasteiger partial charge in [0.2, 0.25) is 0 Å². The Kier molecular flexibility index (Phi) is 4.03. The molecular formula is C7H14O3. The Morgan fingerprint density at radius 2 is 2.20 bits per heavy atom. The molecule has 3 heteroatoms. The molecule has 0 unspecified atom stereocenters. The van der Waals surface area contributed by atoms with Crippen molar-refractivity contribution in [3.63, 3.8) is 0 Å². The number of methoxy groups -OCH3 is 1. The lowest BCUT2D eigenvalue weighted by Gasteiger charge is -2.13. The van der Waals surface area contributed by atoms with Crippen molar-refractivity contribution < 1.29 is 14.6 Å². The molecule has 0 aromatic rings. The average Bonchev–Trinajstić information content (AvgIpc) is 2.00. The zero-order valence-electron chi connectivity index (χ0n) is 6.63. The second kappa shape index (κ2) is 4.28. The van der Waals surface area contributed by atoms with Crippen molar-refractivity contribution in [3.8, 4) is 0 Å². The number of ether oxygens (including phenoxy) is 1. The van der Waals surface area contributed by atoms with Crippen LogP contribution < -0.4 is 0 Å². The minimum Gasteiger partial charge on any atom is -0.467 e. The van der Waals surface area contributed by atoms with Gasteiger partial charge in [-0.2, -0.15) is 0 Å². The molecule has 0 fully saturated rings. The van der Waals surface area contributed by atoms with E-state index in [2.05, 4.69) is 4.74 Å². The highest BCUT2D eigenvalue weighted by atomic mass is 16.5. The van der Waals surface area contributed by atoms with Crippen molar-refractivity contribution in [2.75, 3.05) is 7.11 Å². The summed E-state index contributed by atoms with van der Waals surface area (Å²) in [5.74, 6) is -0.568. The predicted octanol–water partition coefficient (Wildman–Crippen LogP) is 0.566. The highest BCUT2D eigenvalue weighted by Gasteiger charge is 2.20. The fourth-order valence-electron chi connectivity index (χ4n) is 0.576. The number of esters is 1. The molecule has 0 aliphatic carbocycles. The maximum atomic E-state index is 10.6. The zero-order chi connectivity index (χ0) is 8.15. The first-order valence-corrected chi connectivity index (χ1v) is 3.39. The minimum absolute atomic E-state index is 0.0209. The van der Waals surface area contributed by atoms with Crippen LogP contribution in [-0.2, 0) is 9.53 Å². The first-order valence-electron chi connectivity index (χ1n) is 3.39. The highest BCUT2D eigenvalue weighted by Crippen LogP contribution is 2.07. The van der Waals surface area contributed by atoms with Crippen molar-refractivity contribution in [1.29, 1.82) is 0 Å². The molecule has 0 radical (unpaired) electrons. The van der Waals surface area contributed by atoms with Gasteiger partial charge in [0.15, 0.2) is 6.10 Å². The number of hydrogen-bond donors (Lipinski definition) is 1. The SMILES string of the molecule is CC[C@@H](C)[C@@H](O)C(=O)OC. The average molecular weight is 146 g/mol. The first kappa shape index (κ1) is 9.43. The van der Waals surface area contributed by atoms with E-state index < -0.39 is 12.1 Å². The quantitative estimate of drug-likeness (QED) is 0.592. The summed E-state index contributed by atoms with van der Waals surface area (Å²) < 4.78 is 4.35. The lowest BCUT2D eigenvalue weighted by atomic mass is 10.0. The Hall–Kier alpha value is -0.570. The van der Waals surface area contributed by atoms with Gasteiger partial charge in [0.05, 0.1) is 7.11 Å². The van der Waals surface area contributed by atoms with Crippen molar-refractivity contribution in [2.24, 2.45) is 5.92 Å². The maximum Gasteiger partial charge on any atom is 0.334 e. The smallest absolute Gasteiger partial charge is 0.334 e. The molecule has 10 heavy (non-hydrogen) atoms. The van der Waals surface area contributed by atoms with Crippen LogP contribution in [0.5, 0.6) is 0 Å². The van der Waals surface area contributed by atoms with Gasteiger partial charge in [0.1, 0.15) is 0 Å². The molecule has 0 aromatic heterocycles. The van der Waals surface area contributed by atoms with Crippen LogP contribution in [0.4, 0.5) is 0 Å². The van der Waals surface area contributed by atoms with Crippen LogP contribution >= 0.6 is 0 Å². The second-order valence-corrected chi connectivity index (χ2v) is 2.35. The van der Waals surface area contributed by atoms with Crippen LogP contribution in [0.3, 0.4) is 0 Å². The van der Waals surface area contributed by atoms with E-state index in [1.54, 1.807) is 0 Å². The van der Waals surface area contributed by atoms with Crippen molar-refractivity contribution >= 4 is 5.97 Å². The first-order chi connectivity index (χ1) is 4.63. The van der Waals surface area contributed by atoms with Gasteiger partial charge in [-0.05, 0) is 5.92 Å². The van der Waals surface area contributed by atoms with E-state index in [0.29, 0.717) is 0 Å². The van der Waals surface area contributed by atoms with Gasteiger partial charge in [-0.15, -0.1) is 0 Å². The number of carbonyl (C=O) groups excluding carboxylic acids is 1. The van der Waals surface area contributed by atoms with Gasteiger partial charge >= 0.3 is 5.97 Å². The molecule has 0 heterocycles. The van der Waals surface area contributed by atoms with Crippen molar-refractivity contribution in [3.05, 3.63) is 0 Å². The van der Waals surface area contributed by atoms with Gasteiger partial charge in [-0.25, -0.2) is 4.79 Å². The molecule has 0 saturated heterocycles. The third kappa shape index (κ3) is 2.35. The van der Waals surface area contributed by atoms with Gasteiger partial charge < -0.3 is 9.84 Å². The molecule has 0 spiro atoms. The zero-order valence-corrected chi connectivity index (χ0v) is 6.63. The van der Waals surface area contributed by atoms with E-state index in [1.165, 1.54) is 7.11 Å². The lowest BCUT2D eigenvalue weighted by Crippen LogP contribution is -2.28. The Balaban J connectivity index is 3.81. The molecule has 0 amide bonds. The summed E-state index contributed by atoms with van der Waals surface area (Å²) in [6.45, 7) is 3.72. The third-order valence-corrected chi connectivity index (χ3v) is 1.63. The molecular weight excluding hydrogens is 132 g/mol. The number of aliphatic hydroxyl groups is 1. The minimum atomic E-state index is -0.963. The number of carbonyl (C=O) groups is 1. The van der Waals surface area contributed by atoms with Crippen LogP contribution in [0.1, 0.15) is 20.3 Å². The molecule has 3 nitrogen and oxygen atoms in total. The van der Waals surface area contributed by atoms with E-state index in [1.807, 2.05) is 13.8 Å². The summed E-state index contributed by atoms with van der Waals surface area (Å²) in [7, 11) is 1.27. The van der Waals surface area contributed by atoms with Crippen LogP contribution in [0.2, 0.25) is 0 Å². The van der Waals surface area contributed by atoms with E-state index >= 15 is 0 Å². The molecule has 0 saturated carbocycles. The summed E-state index contributed by atoms with van der Waals surface area (Å²) in [6, 6.07) is 0. The van der Waals surface area contributed by atoms with Crippen molar-refractivity contribution in [2.45, 2.75) is 26.4 Å². The summed E-state index contributed by atoms with van der Waals surface area (Å²) in [4.78, 5) is 10.6. The van der Waals surface area contributed by atoms with Crippen LogP contribution in [0, 0.1) is 5.92 Å². The fourth-order valence-corrected chi connectivity index (χ4v) is 0.576. The summed E-state index contributed by atoms with van der Waals surface area (Å²) >= 11 is 0. The lowest BCUT2D eigenvalue weighted by molar-refractivity contribution is -0.153. The van der Waals surface area contributed by atoms with Gasteiger partial charge in [-0.1, -0.05) is 20.3 Å². The molecule has 2 atom stereocenters. The molecule has 0 aliphatic heterocycles. The van der Waals surface area contributed by atoms with E-state index in [0.717, 1.165) is 6.42 Å². The number of rotatable bonds is 3. The standard InChI is InChI=1S/C7H14O3/c1-4-5(2)6(8)7(9)10-3/h5-6,8H,4H2,1-3H3/t5-,6-/m1/s1. The summed E-state index contributed by atoms with van der Waals surface area (Å²) in [5, 5.41) is 9.11. The Labute approximate surface area is 61.0 Å². The number of aliphatic hydroxyl groups excluding tert-OH is 1. The largest absolute Gasteiger partial charge is 0.467 e. The molecule has 0 aromatic carbocycles. The van der Waals surface area contributed by atoms with E-state index in [4.69, 9.17) is 5.11 Å². The summed E-state index contributed by atoms with van der Waals surface area (Å²) in [5.41, 5.74) is 0. The molecule has 0 aliphatic rings. The monoisotopic (exact) mass is 146 g/mol. The summed E-state index contributed by atoms with van der Waals surface area (Å²) in [6.07, 6.45) is -0.189. The van der Waals surface area contributed by atoms with Gasteiger partial charge in [0, 0.05) is 0 Å². The Morgan fingerprint density at radius 1 is 1.70 bits per heavy atom. The topological polar surface area (TPSA) is 46.5 Å². The highest BCUT2D eigenvalue weighted by molar-refractivity contribution is 5.74. The molecule has 60 valence electrons. The second-order valence-electron chi connectivity index (χ2n) is 2.35. The predicted molar refractivity (Wildman–Crippen MR) is 37.5 cm³/mol. The van der Waals surface area contributed by atoms with Gasteiger partial charge in [-0.3, -0.25) is 0 Å². The van der Waals surface area contributed by atoms with E-state index in [9.17, 15) is 4.79 Å². The molecule has 0 rings (SSSR count). The van der Waals surface area contributed by atoms with Crippen LogP contribution in [0.15, 0.2) is 0 Å². The van der Waals surface area contributed by atoms with Crippen LogP contribution in [-0.4, -0.2) is 24.3 Å². The Bertz CT molecular complexity index is 111. The maximum absolute atomic E-state index is 10.6. The fraction of sp³-hybridized carbons (Fsp3) is 0.857. The normalized spacial score (nSPS) is 16.0. The van der Waals surface area contributed by atoms with Gasteiger partial charge in [0.25, 0.3) is 0 Å². The van der Waals surface area contributed by atoms with Crippen molar-refractivity contribution in [1.82, 2.24) is 0 Å². The van der Waals surface area contributed by atoms with Crippen LogP contribution in [0.25, 0.3) is 0 Å². The molecule has 0 bridgehead atoms.